The second kappa shape index (κ2) is 9.86. The molecule has 13 heteroatoms. The summed E-state index contributed by atoms with van der Waals surface area (Å²) < 4.78 is 19.1. The number of hydrogen-bond acceptors (Lipinski definition) is 7. The number of aryl methyl sites for hydroxylation is 1. The number of tetrazole rings is 1. The van der Waals surface area contributed by atoms with Gasteiger partial charge in [0.05, 0.1) is 32.9 Å². The summed E-state index contributed by atoms with van der Waals surface area (Å²) >= 11 is 7.40. The van der Waals surface area contributed by atoms with Crippen molar-refractivity contribution in [2.45, 2.75) is 32.2 Å². The molecule has 0 bridgehead atoms. The van der Waals surface area contributed by atoms with Crippen LogP contribution in [-0.2, 0) is 0 Å². The number of nitrogens with two attached hydrogens (primary N) is 1. The first kappa shape index (κ1) is 25.1. The van der Waals surface area contributed by atoms with E-state index in [1.165, 1.54) is 34.6 Å². The van der Waals surface area contributed by atoms with Crippen LogP contribution in [0.5, 0.6) is 0 Å². The predicted octanol–water partition coefficient (Wildman–Crippen LogP) is 4.48. The number of rotatable bonds is 8. The Labute approximate surface area is 231 Å². The van der Waals surface area contributed by atoms with Crippen molar-refractivity contribution in [3.63, 3.8) is 0 Å². The Hall–Kier alpha value is -4.16. The standard InChI is InChI=1S/C26H22ClFN8O2S/c1-14-8-22(26(29)37)39-25(14)17-10-31-34(11-17)21(9-15-2-3-15)19-6-4-16(12-36(19)38)23-20(35-13-30-32-33-35)7-5-18(27)24(23)28/h4-8,10-13,15,21H,2-3,9H2,1H3,(H2,29,37). The van der Waals surface area contributed by atoms with E-state index in [1.807, 2.05) is 13.1 Å². The van der Waals surface area contributed by atoms with Crippen molar-refractivity contribution in [2.24, 2.45) is 11.7 Å². The van der Waals surface area contributed by atoms with E-state index in [4.69, 9.17) is 17.3 Å². The molecule has 1 unspecified atom stereocenters. The largest absolute Gasteiger partial charge is 0.618 e. The van der Waals surface area contributed by atoms with Gasteiger partial charge in [-0.15, -0.1) is 16.4 Å². The third-order valence-electron chi connectivity index (χ3n) is 6.84. The molecule has 1 saturated carbocycles. The second-order valence-electron chi connectivity index (χ2n) is 9.57. The molecule has 1 amide bonds. The van der Waals surface area contributed by atoms with Crippen LogP contribution in [0.25, 0.3) is 27.3 Å². The van der Waals surface area contributed by atoms with Crippen molar-refractivity contribution in [3.8, 4) is 27.3 Å². The lowest BCUT2D eigenvalue weighted by Gasteiger charge is -2.18. The Kier molecular flexibility index (Phi) is 6.35. The molecule has 0 aliphatic heterocycles. The molecule has 0 spiro atoms. The van der Waals surface area contributed by atoms with Gasteiger partial charge in [0.25, 0.3) is 5.91 Å². The molecule has 10 nitrogen and oxygen atoms in total. The van der Waals surface area contributed by atoms with Crippen molar-refractivity contribution in [1.29, 1.82) is 0 Å². The highest BCUT2D eigenvalue weighted by Crippen LogP contribution is 2.40. The quantitative estimate of drug-likeness (QED) is 0.218. The minimum absolute atomic E-state index is 0.0811. The number of carbonyl (C=O) groups excluding carboxylic acids is 1. The molecule has 1 fully saturated rings. The van der Waals surface area contributed by atoms with Crippen molar-refractivity contribution >= 4 is 28.8 Å². The van der Waals surface area contributed by atoms with Crippen molar-refractivity contribution in [3.05, 3.63) is 87.4 Å². The van der Waals surface area contributed by atoms with Crippen LogP contribution < -0.4 is 10.5 Å². The van der Waals surface area contributed by atoms with Gasteiger partial charge in [-0.3, -0.25) is 9.48 Å². The van der Waals surface area contributed by atoms with Crippen LogP contribution in [0, 0.1) is 23.9 Å². The first-order chi connectivity index (χ1) is 18.8. The zero-order chi connectivity index (χ0) is 27.3. The Balaban J connectivity index is 1.39. The average molecular weight is 565 g/mol. The number of benzene rings is 1. The van der Waals surface area contributed by atoms with Gasteiger partial charge >= 0.3 is 0 Å². The van der Waals surface area contributed by atoms with Crippen LogP contribution in [0.4, 0.5) is 4.39 Å². The van der Waals surface area contributed by atoms with Gasteiger partial charge in [0, 0.05) is 22.7 Å². The zero-order valence-electron chi connectivity index (χ0n) is 20.7. The maximum atomic E-state index is 15.3. The topological polar surface area (TPSA) is 131 Å². The van der Waals surface area contributed by atoms with Gasteiger partial charge in [-0.25, -0.2) is 4.39 Å². The Morgan fingerprint density at radius 2 is 2.13 bits per heavy atom. The van der Waals surface area contributed by atoms with Crippen molar-refractivity contribution in [2.75, 3.05) is 0 Å². The molecular formula is C26H22ClFN8O2S. The van der Waals surface area contributed by atoms with Gasteiger partial charge in [-0.1, -0.05) is 24.4 Å². The fourth-order valence-corrected chi connectivity index (χ4v) is 5.88. The Morgan fingerprint density at radius 3 is 2.79 bits per heavy atom. The monoisotopic (exact) mass is 564 g/mol. The number of halogens is 2. The summed E-state index contributed by atoms with van der Waals surface area (Å²) in [5, 5.41) is 29.1. The lowest BCUT2D eigenvalue weighted by atomic mass is 10.0. The fourth-order valence-electron chi connectivity index (χ4n) is 4.73. The first-order valence-corrected chi connectivity index (χ1v) is 13.4. The van der Waals surface area contributed by atoms with Crippen LogP contribution in [0.3, 0.4) is 0 Å². The fraction of sp³-hybridized carbons (Fsp3) is 0.231. The van der Waals surface area contributed by atoms with Crippen LogP contribution in [0.2, 0.25) is 5.02 Å². The van der Waals surface area contributed by atoms with Gasteiger partial charge in [0.2, 0.25) is 5.69 Å². The van der Waals surface area contributed by atoms with Gasteiger partial charge in [-0.05, 0) is 59.5 Å². The lowest BCUT2D eigenvalue weighted by Crippen LogP contribution is -2.35. The molecule has 1 aromatic carbocycles. The summed E-state index contributed by atoms with van der Waals surface area (Å²) in [6, 6.07) is 7.83. The number of nitrogens with zero attached hydrogens (tertiary/aromatic N) is 7. The number of carbonyl (C=O) groups is 1. The normalized spacial score (nSPS) is 14.0. The number of amides is 1. The summed E-state index contributed by atoms with van der Waals surface area (Å²) in [4.78, 5) is 13.0. The predicted molar refractivity (Wildman–Crippen MR) is 143 cm³/mol. The average Bonchev–Trinajstić information content (AvgIpc) is 3.28. The maximum absolute atomic E-state index is 15.3. The van der Waals surface area contributed by atoms with Crippen molar-refractivity contribution in [1.82, 2.24) is 30.0 Å². The molecule has 5 aromatic rings. The molecular weight excluding hydrogens is 543 g/mol. The minimum Gasteiger partial charge on any atom is -0.618 e. The maximum Gasteiger partial charge on any atom is 0.258 e. The van der Waals surface area contributed by atoms with Crippen molar-refractivity contribution < 1.29 is 13.9 Å². The lowest BCUT2D eigenvalue weighted by molar-refractivity contribution is -0.615. The number of aromatic nitrogens is 7. The Morgan fingerprint density at radius 1 is 1.31 bits per heavy atom. The Bertz CT molecular complexity index is 1700. The van der Waals surface area contributed by atoms with Gasteiger partial charge in [0.15, 0.2) is 12.0 Å². The van der Waals surface area contributed by atoms with Crippen LogP contribution >= 0.6 is 22.9 Å². The van der Waals surface area contributed by atoms with Gasteiger partial charge in [0.1, 0.15) is 12.4 Å². The molecule has 198 valence electrons. The third-order valence-corrected chi connectivity index (χ3v) is 8.43. The highest BCUT2D eigenvalue weighted by atomic mass is 35.5. The summed E-state index contributed by atoms with van der Waals surface area (Å²) in [6.45, 7) is 1.92. The minimum atomic E-state index is -0.676. The van der Waals surface area contributed by atoms with E-state index in [-0.39, 0.29) is 16.6 Å². The van der Waals surface area contributed by atoms with E-state index in [1.54, 1.807) is 35.1 Å². The van der Waals surface area contributed by atoms with Gasteiger partial charge < -0.3 is 10.9 Å². The summed E-state index contributed by atoms with van der Waals surface area (Å²) in [5.74, 6) is -0.658. The molecule has 1 aliphatic rings. The molecule has 1 atom stereocenters. The number of thiophene rings is 1. The van der Waals surface area contributed by atoms with Crippen LogP contribution in [0.15, 0.2) is 55.2 Å². The molecule has 4 aromatic heterocycles. The summed E-state index contributed by atoms with van der Waals surface area (Å²) in [7, 11) is 0. The van der Waals surface area contributed by atoms with E-state index in [2.05, 4.69) is 20.6 Å². The third kappa shape index (κ3) is 4.77. The number of primary amides is 1. The van der Waals surface area contributed by atoms with E-state index in [0.717, 1.165) is 40.0 Å². The SMILES string of the molecule is Cc1cc(C(N)=O)sc1-c1cnn(C(CC2CC2)c2ccc(-c3c(-n4cnnn4)ccc(Cl)c3F)c[n+]2[O-])c1. The first-order valence-electron chi connectivity index (χ1n) is 12.2. The van der Waals surface area contributed by atoms with Crippen LogP contribution in [0.1, 0.15) is 46.2 Å². The van der Waals surface area contributed by atoms with E-state index < -0.39 is 11.7 Å². The van der Waals surface area contributed by atoms with E-state index in [0.29, 0.717) is 27.7 Å². The number of hydrogen-bond donors (Lipinski definition) is 1. The molecule has 2 N–H and O–H groups in total. The molecule has 6 rings (SSSR count). The van der Waals surface area contributed by atoms with Gasteiger partial charge in [-0.2, -0.15) is 14.5 Å². The number of pyridine rings is 1. The highest BCUT2D eigenvalue weighted by molar-refractivity contribution is 7.17. The molecule has 4 heterocycles. The molecule has 1 aliphatic carbocycles. The second-order valence-corrected chi connectivity index (χ2v) is 11.0. The highest BCUT2D eigenvalue weighted by Gasteiger charge is 2.32. The summed E-state index contributed by atoms with van der Waals surface area (Å²) in [5.41, 5.74) is 8.51. The zero-order valence-corrected chi connectivity index (χ0v) is 22.2. The molecule has 0 saturated heterocycles. The smallest absolute Gasteiger partial charge is 0.258 e. The van der Waals surface area contributed by atoms with E-state index in [9.17, 15) is 10.0 Å². The molecule has 39 heavy (non-hydrogen) atoms. The summed E-state index contributed by atoms with van der Waals surface area (Å²) in [6.07, 6.45) is 9.22. The van der Waals surface area contributed by atoms with Crippen LogP contribution in [-0.4, -0.2) is 35.9 Å². The molecule has 0 radical (unpaired) electrons. The van der Waals surface area contributed by atoms with E-state index >= 15 is 4.39 Å².